The number of hydrogen-bond donors (Lipinski definition) is 1. The van der Waals surface area contributed by atoms with E-state index in [-0.39, 0.29) is 17.5 Å². The molecule has 1 saturated carbocycles. The van der Waals surface area contributed by atoms with Crippen LogP contribution in [0.2, 0.25) is 0 Å². The van der Waals surface area contributed by atoms with Crippen LogP contribution in [0.15, 0.2) is 0 Å². The molecule has 0 radical (unpaired) electrons. The van der Waals surface area contributed by atoms with Crippen molar-refractivity contribution in [3.05, 3.63) is 0 Å². The van der Waals surface area contributed by atoms with Gasteiger partial charge < -0.3 is 5.32 Å². The Kier molecular flexibility index (Phi) is 6.13. The average molecular weight is 269 g/mol. The molecule has 1 aliphatic rings. The second-order valence-corrected chi connectivity index (χ2v) is 6.24. The van der Waals surface area contributed by atoms with Crippen molar-refractivity contribution in [3.63, 3.8) is 0 Å². The summed E-state index contributed by atoms with van der Waals surface area (Å²) < 4.78 is 36.2. The fourth-order valence-electron chi connectivity index (χ4n) is 2.77. The third-order valence-corrected chi connectivity index (χ3v) is 4.39. The molecule has 0 amide bonds. The van der Waals surface area contributed by atoms with Crippen LogP contribution in [0, 0.1) is 17.8 Å². The van der Waals surface area contributed by atoms with Crippen LogP contribution in [-0.4, -0.2) is 24.9 Å². The van der Waals surface area contributed by atoms with Gasteiger partial charge in [-0.1, -0.05) is 25.1 Å². The number of halogens is 3. The molecule has 0 aromatic rings. The summed E-state index contributed by atoms with van der Waals surface area (Å²) in [6.07, 6.45) is 4.16. The van der Waals surface area contributed by atoms with Gasteiger partial charge in [0.15, 0.2) is 0 Å². The Labute approximate surface area is 106 Å². The van der Waals surface area contributed by atoms with E-state index < -0.39 is 5.51 Å². The third-order valence-electron chi connectivity index (χ3n) is 3.62. The topological polar surface area (TPSA) is 12.0 Å². The van der Waals surface area contributed by atoms with Crippen LogP contribution in [0.1, 0.15) is 32.6 Å². The second kappa shape index (κ2) is 6.88. The van der Waals surface area contributed by atoms with Crippen molar-refractivity contribution in [1.29, 1.82) is 0 Å². The lowest BCUT2D eigenvalue weighted by atomic mass is 9.73. The van der Waals surface area contributed by atoms with E-state index in [1.54, 1.807) is 0 Å². The second-order valence-electron chi connectivity index (χ2n) is 5.08. The smallest absolute Gasteiger partial charge is 0.319 e. The van der Waals surface area contributed by atoms with E-state index in [0.717, 1.165) is 19.4 Å². The van der Waals surface area contributed by atoms with Crippen molar-refractivity contribution < 1.29 is 13.2 Å². The minimum absolute atomic E-state index is 0.128. The zero-order chi connectivity index (χ0) is 12.9. The first kappa shape index (κ1) is 15.2. The molecule has 0 spiro atoms. The molecule has 102 valence electrons. The first-order valence-electron chi connectivity index (χ1n) is 6.27. The third kappa shape index (κ3) is 6.00. The fourth-order valence-corrected chi connectivity index (χ4v) is 3.42. The molecule has 17 heavy (non-hydrogen) atoms. The molecule has 5 heteroatoms. The van der Waals surface area contributed by atoms with E-state index in [9.17, 15) is 13.2 Å². The van der Waals surface area contributed by atoms with Gasteiger partial charge in [0.2, 0.25) is 0 Å². The Balaban J connectivity index is 2.35. The highest BCUT2D eigenvalue weighted by molar-refractivity contribution is 8.00. The standard InChI is InChI=1S/C12H22F3NS/c1-9-3-4-11(8-16-2)10(7-9)5-6-17-12(13,14)15/h9-11,16H,3-8H2,1-2H3. The van der Waals surface area contributed by atoms with Gasteiger partial charge in [0.05, 0.1) is 0 Å². The molecule has 1 rings (SSSR count). The summed E-state index contributed by atoms with van der Waals surface area (Å²) in [6, 6.07) is 0. The number of hydrogen-bond acceptors (Lipinski definition) is 2. The molecule has 0 heterocycles. The summed E-state index contributed by atoms with van der Waals surface area (Å²) >= 11 is 0.128. The minimum Gasteiger partial charge on any atom is -0.319 e. The maximum Gasteiger partial charge on any atom is 0.441 e. The van der Waals surface area contributed by atoms with Crippen LogP contribution in [0.3, 0.4) is 0 Å². The monoisotopic (exact) mass is 269 g/mol. The Morgan fingerprint density at radius 2 is 1.94 bits per heavy atom. The van der Waals surface area contributed by atoms with Crippen molar-refractivity contribution in [1.82, 2.24) is 5.32 Å². The minimum atomic E-state index is -4.07. The molecule has 1 aliphatic carbocycles. The fraction of sp³-hybridized carbons (Fsp3) is 1.00. The molecule has 1 N–H and O–H groups in total. The summed E-state index contributed by atoms with van der Waals surface area (Å²) in [4.78, 5) is 0. The molecule has 0 aliphatic heterocycles. The molecule has 0 aromatic heterocycles. The highest BCUT2D eigenvalue weighted by Crippen LogP contribution is 2.38. The van der Waals surface area contributed by atoms with Gasteiger partial charge in [0.25, 0.3) is 0 Å². The van der Waals surface area contributed by atoms with E-state index >= 15 is 0 Å². The van der Waals surface area contributed by atoms with Gasteiger partial charge in [0.1, 0.15) is 0 Å². The number of thioether (sulfide) groups is 1. The first-order valence-corrected chi connectivity index (χ1v) is 7.26. The van der Waals surface area contributed by atoms with Crippen LogP contribution in [0.4, 0.5) is 13.2 Å². The van der Waals surface area contributed by atoms with E-state index in [4.69, 9.17) is 0 Å². The van der Waals surface area contributed by atoms with Gasteiger partial charge in [-0.3, -0.25) is 0 Å². The van der Waals surface area contributed by atoms with Gasteiger partial charge in [-0.2, -0.15) is 13.2 Å². The van der Waals surface area contributed by atoms with Crippen LogP contribution in [0.25, 0.3) is 0 Å². The maximum absolute atomic E-state index is 12.1. The normalized spacial score (nSPS) is 30.5. The Hall–Kier alpha value is 0.100. The van der Waals surface area contributed by atoms with E-state index in [0.29, 0.717) is 24.2 Å². The lowest BCUT2D eigenvalue weighted by molar-refractivity contribution is -0.0329. The van der Waals surface area contributed by atoms with Crippen molar-refractivity contribution >= 4 is 11.8 Å². The van der Waals surface area contributed by atoms with Gasteiger partial charge in [0, 0.05) is 5.75 Å². The van der Waals surface area contributed by atoms with E-state index in [1.807, 2.05) is 7.05 Å². The maximum atomic E-state index is 12.1. The zero-order valence-electron chi connectivity index (χ0n) is 10.5. The largest absolute Gasteiger partial charge is 0.441 e. The highest BCUT2D eigenvalue weighted by atomic mass is 32.2. The molecular formula is C12H22F3NS. The van der Waals surface area contributed by atoms with Crippen LogP contribution < -0.4 is 5.32 Å². The predicted molar refractivity (Wildman–Crippen MR) is 67.1 cm³/mol. The van der Waals surface area contributed by atoms with Crippen LogP contribution >= 0.6 is 11.8 Å². The number of rotatable bonds is 5. The summed E-state index contributed by atoms with van der Waals surface area (Å²) in [5, 5.41) is 3.16. The predicted octanol–water partition coefficient (Wildman–Crippen LogP) is 3.90. The Bertz CT molecular complexity index is 220. The van der Waals surface area contributed by atoms with Crippen molar-refractivity contribution in [2.75, 3.05) is 19.3 Å². The Morgan fingerprint density at radius 1 is 1.24 bits per heavy atom. The van der Waals surface area contributed by atoms with Gasteiger partial charge >= 0.3 is 5.51 Å². The van der Waals surface area contributed by atoms with Crippen LogP contribution in [0.5, 0.6) is 0 Å². The average Bonchev–Trinajstić information content (AvgIpc) is 2.20. The molecule has 0 saturated heterocycles. The summed E-state index contributed by atoms with van der Waals surface area (Å²) in [6.45, 7) is 3.15. The summed E-state index contributed by atoms with van der Waals surface area (Å²) in [5.74, 6) is 1.90. The van der Waals surface area contributed by atoms with Crippen molar-refractivity contribution in [3.8, 4) is 0 Å². The molecule has 1 nitrogen and oxygen atoms in total. The Morgan fingerprint density at radius 3 is 2.53 bits per heavy atom. The van der Waals surface area contributed by atoms with Crippen molar-refractivity contribution in [2.45, 2.75) is 38.1 Å². The first-order chi connectivity index (χ1) is 7.92. The number of nitrogens with one attached hydrogen (secondary N) is 1. The van der Waals surface area contributed by atoms with Crippen LogP contribution in [-0.2, 0) is 0 Å². The number of alkyl halides is 3. The van der Waals surface area contributed by atoms with Gasteiger partial charge in [-0.15, -0.1) is 0 Å². The van der Waals surface area contributed by atoms with Crippen molar-refractivity contribution in [2.24, 2.45) is 17.8 Å². The molecule has 3 unspecified atom stereocenters. The van der Waals surface area contributed by atoms with E-state index in [1.165, 1.54) is 6.42 Å². The van der Waals surface area contributed by atoms with Gasteiger partial charge in [-0.25, -0.2) is 0 Å². The zero-order valence-corrected chi connectivity index (χ0v) is 11.3. The highest BCUT2D eigenvalue weighted by Gasteiger charge is 2.31. The molecule has 0 bridgehead atoms. The molecule has 0 aromatic carbocycles. The lowest BCUT2D eigenvalue weighted by Crippen LogP contribution is -2.31. The van der Waals surface area contributed by atoms with Gasteiger partial charge in [-0.05, 0) is 50.6 Å². The van der Waals surface area contributed by atoms with E-state index in [2.05, 4.69) is 12.2 Å². The summed E-state index contributed by atoms with van der Waals surface area (Å²) in [5.41, 5.74) is -4.07. The molecule has 1 fully saturated rings. The molecular weight excluding hydrogens is 247 g/mol. The lowest BCUT2D eigenvalue weighted by Gasteiger charge is -2.35. The SMILES string of the molecule is CNCC1CCC(C)CC1CCSC(F)(F)F. The quantitative estimate of drug-likeness (QED) is 0.812. The molecule has 3 atom stereocenters. The summed E-state index contributed by atoms with van der Waals surface area (Å²) in [7, 11) is 1.92.